The average Bonchev–Trinajstić information content (AvgIpc) is 2.65. The molecule has 1 aliphatic rings. The minimum absolute atomic E-state index is 0.194. The lowest BCUT2D eigenvalue weighted by Crippen LogP contribution is -2.49. The molecular weight excluding hydrogens is 355 g/mol. The number of aryl methyl sites for hydroxylation is 2. The van der Waals surface area contributed by atoms with Crippen LogP contribution < -0.4 is 4.90 Å². The molecule has 1 aromatic heterocycles. The van der Waals surface area contributed by atoms with Gasteiger partial charge in [-0.3, -0.25) is 4.90 Å². The zero-order valence-electron chi connectivity index (χ0n) is 17.3. The summed E-state index contributed by atoms with van der Waals surface area (Å²) < 4.78 is 14.2. The Hall–Kier alpha value is -2.05. The van der Waals surface area contributed by atoms with E-state index in [4.69, 9.17) is 4.98 Å². The van der Waals surface area contributed by atoms with Crippen molar-refractivity contribution in [3.63, 3.8) is 0 Å². The maximum Gasteiger partial charge on any atom is 0.136 e. The van der Waals surface area contributed by atoms with E-state index in [9.17, 15) is 9.50 Å². The van der Waals surface area contributed by atoms with Crippen LogP contribution in [0.3, 0.4) is 0 Å². The summed E-state index contributed by atoms with van der Waals surface area (Å²) in [6.07, 6.45) is 0.187. The highest BCUT2D eigenvalue weighted by Gasteiger charge is 2.24. The van der Waals surface area contributed by atoms with Crippen LogP contribution in [0, 0.1) is 25.6 Å². The van der Waals surface area contributed by atoms with E-state index in [0.29, 0.717) is 18.5 Å². The molecule has 6 heteroatoms. The van der Waals surface area contributed by atoms with E-state index in [0.717, 1.165) is 49.1 Å². The third kappa shape index (κ3) is 4.86. The molecule has 1 fully saturated rings. The van der Waals surface area contributed by atoms with Crippen LogP contribution in [0.15, 0.2) is 24.3 Å². The number of halogens is 1. The molecule has 1 N–H and O–H groups in total. The van der Waals surface area contributed by atoms with Gasteiger partial charge in [0.25, 0.3) is 0 Å². The van der Waals surface area contributed by atoms with Gasteiger partial charge in [-0.1, -0.05) is 32.0 Å². The van der Waals surface area contributed by atoms with Crippen molar-refractivity contribution in [2.45, 2.75) is 40.2 Å². The standard InChI is InChI=1S/C22H31FN4O/c1-15(2)21(28)14-26-9-11-27(12-10-26)22-19(16(3)24-17(4)25-22)13-18-7-5-6-8-20(18)23/h5-8,15,21,28H,9-14H2,1-4H3. The summed E-state index contributed by atoms with van der Waals surface area (Å²) in [5.74, 6) is 1.72. The lowest BCUT2D eigenvalue weighted by atomic mass is 10.0. The maximum absolute atomic E-state index is 14.2. The van der Waals surface area contributed by atoms with Gasteiger partial charge < -0.3 is 10.0 Å². The molecule has 1 saturated heterocycles. The van der Waals surface area contributed by atoms with Crippen molar-refractivity contribution in [2.24, 2.45) is 5.92 Å². The third-order valence-corrected chi connectivity index (χ3v) is 5.52. The topological polar surface area (TPSA) is 52.5 Å². The Morgan fingerprint density at radius 3 is 2.39 bits per heavy atom. The van der Waals surface area contributed by atoms with E-state index in [1.807, 2.05) is 39.8 Å². The number of rotatable bonds is 6. The van der Waals surface area contributed by atoms with E-state index in [2.05, 4.69) is 14.8 Å². The highest BCUT2D eigenvalue weighted by Crippen LogP contribution is 2.26. The maximum atomic E-state index is 14.2. The second-order valence-electron chi connectivity index (χ2n) is 8.03. The molecule has 0 radical (unpaired) electrons. The fourth-order valence-corrected chi connectivity index (χ4v) is 3.64. The molecule has 0 aliphatic carbocycles. The average molecular weight is 387 g/mol. The number of β-amino-alcohol motifs (C(OH)–C–C–N with tert-alkyl or cyclic N) is 1. The number of nitrogens with zero attached hydrogens (tertiary/aromatic N) is 4. The van der Waals surface area contributed by atoms with Crippen molar-refractivity contribution in [3.05, 3.63) is 52.7 Å². The summed E-state index contributed by atoms with van der Waals surface area (Å²) in [6.45, 7) is 12.1. The van der Waals surface area contributed by atoms with Crippen LogP contribution in [-0.4, -0.2) is 58.8 Å². The molecule has 0 bridgehead atoms. The van der Waals surface area contributed by atoms with Gasteiger partial charge in [-0.15, -0.1) is 0 Å². The molecule has 1 atom stereocenters. The summed E-state index contributed by atoms with van der Waals surface area (Å²) in [4.78, 5) is 13.8. The first kappa shape index (κ1) is 20.7. The number of aliphatic hydroxyl groups is 1. The first-order valence-corrected chi connectivity index (χ1v) is 10.1. The molecule has 5 nitrogen and oxygen atoms in total. The van der Waals surface area contributed by atoms with Gasteiger partial charge in [0, 0.05) is 50.4 Å². The third-order valence-electron chi connectivity index (χ3n) is 5.52. The molecule has 1 aliphatic heterocycles. The molecule has 0 amide bonds. The molecular formula is C22H31FN4O. The molecule has 2 heterocycles. The Kier molecular flexibility index (Phi) is 6.62. The summed E-state index contributed by atoms with van der Waals surface area (Å²) in [6, 6.07) is 6.90. The van der Waals surface area contributed by atoms with Crippen LogP contribution in [0.5, 0.6) is 0 Å². The molecule has 1 aromatic carbocycles. The smallest absolute Gasteiger partial charge is 0.136 e. The van der Waals surface area contributed by atoms with Crippen LogP contribution in [0.4, 0.5) is 10.2 Å². The second-order valence-corrected chi connectivity index (χ2v) is 8.03. The van der Waals surface area contributed by atoms with Gasteiger partial charge in [-0.25, -0.2) is 14.4 Å². The van der Waals surface area contributed by atoms with Gasteiger partial charge in [0.05, 0.1) is 6.10 Å². The fraction of sp³-hybridized carbons (Fsp3) is 0.545. The van der Waals surface area contributed by atoms with Crippen LogP contribution >= 0.6 is 0 Å². The van der Waals surface area contributed by atoms with Gasteiger partial charge in [0.2, 0.25) is 0 Å². The highest BCUT2D eigenvalue weighted by atomic mass is 19.1. The molecule has 28 heavy (non-hydrogen) atoms. The largest absolute Gasteiger partial charge is 0.392 e. The SMILES string of the molecule is Cc1nc(C)c(Cc2ccccc2F)c(N2CCN(CC(O)C(C)C)CC2)n1. The number of aromatic nitrogens is 2. The van der Waals surface area contributed by atoms with E-state index < -0.39 is 0 Å². The van der Waals surface area contributed by atoms with E-state index >= 15 is 0 Å². The Balaban J connectivity index is 1.78. The van der Waals surface area contributed by atoms with E-state index in [1.165, 1.54) is 6.07 Å². The lowest BCUT2D eigenvalue weighted by molar-refractivity contribution is 0.0738. The predicted molar refractivity (Wildman–Crippen MR) is 110 cm³/mol. The summed E-state index contributed by atoms with van der Waals surface area (Å²) in [5.41, 5.74) is 2.56. The minimum Gasteiger partial charge on any atom is -0.392 e. The first-order valence-electron chi connectivity index (χ1n) is 10.1. The Morgan fingerprint density at radius 2 is 1.75 bits per heavy atom. The van der Waals surface area contributed by atoms with Gasteiger partial charge in [0.1, 0.15) is 17.5 Å². The van der Waals surface area contributed by atoms with E-state index in [-0.39, 0.29) is 17.8 Å². The van der Waals surface area contributed by atoms with Crippen molar-refractivity contribution < 1.29 is 9.50 Å². The van der Waals surface area contributed by atoms with Crippen molar-refractivity contribution in [3.8, 4) is 0 Å². The molecule has 0 saturated carbocycles. The Labute approximate surface area is 167 Å². The Bertz CT molecular complexity index is 803. The predicted octanol–water partition coefficient (Wildman–Crippen LogP) is 2.96. The quantitative estimate of drug-likeness (QED) is 0.827. The molecule has 0 spiro atoms. The van der Waals surface area contributed by atoms with Crippen LogP contribution in [0.1, 0.15) is 36.5 Å². The van der Waals surface area contributed by atoms with Crippen LogP contribution in [-0.2, 0) is 6.42 Å². The molecule has 2 aromatic rings. The summed E-state index contributed by atoms with van der Waals surface area (Å²) in [7, 11) is 0. The van der Waals surface area contributed by atoms with Gasteiger partial charge in [-0.2, -0.15) is 0 Å². The zero-order valence-corrected chi connectivity index (χ0v) is 17.3. The van der Waals surface area contributed by atoms with Crippen LogP contribution in [0.2, 0.25) is 0 Å². The molecule has 1 unspecified atom stereocenters. The lowest BCUT2D eigenvalue weighted by Gasteiger charge is -2.37. The van der Waals surface area contributed by atoms with E-state index in [1.54, 1.807) is 6.07 Å². The number of aliphatic hydroxyl groups excluding tert-OH is 1. The van der Waals surface area contributed by atoms with Crippen molar-refractivity contribution >= 4 is 5.82 Å². The van der Waals surface area contributed by atoms with Gasteiger partial charge >= 0.3 is 0 Å². The summed E-state index contributed by atoms with van der Waals surface area (Å²) >= 11 is 0. The fourth-order valence-electron chi connectivity index (χ4n) is 3.64. The van der Waals surface area contributed by atoms with Crippen LogP contribution in [0.25, 0.3) is 0 Å². The number of hydrogen-bond acceptors (Lipinski definition) is 5. The number of benzene rings is 1. The van der Waals surface area contributed by atoms with Crippen molar-refractivity contribution in [1.29, 1.82) is 0 Å². The van der Waals surface area contributed by atoms with Crippen molar-refractivity contribution in [2.75, 3.05) is 37.6 Å². The second kappa shape index (κ2) is 8.97. The number of piperazine rings is 1. The highest BCUT2D eigenvalue weighted by molar-refractivity contribution is 5.51. The monoisotopic (exact) mass is 386 g/mol. The van der Waals surface area contributed by atoms with Gasteiger partial charge in [-0.05, 0) is 31.4 Å². The molecule has 152 valence electrons. The normalized spacial score (nSPS) is 16.6. The van der Waals surface area contributed by atoms with Gasteiger partial charge in [0.15, 0.2) is 0 Å². The summed E-state index contributed by atoms with van der Waals surface area (Å²) in [5, 5.41) is 10.2. The number of hydrogen-bond donors (Lipinski definition) is 1. The first-order chi connectivity index (χ1) is 13.3. The van der Waals surface area contributed by atoms with Crippen molar-refractivity contribution in [1.82, 2.24) is 14.9 Å². The number of anilines is 1. The minimum atomic E-state index is -0.299. The zero-order chi connectivity index (χ0) is 20.3. The Morgan fingerprint density at radius 1 is 1.07 bits per heavy atom. The molecule has 3 rings (SSSR count).